The van der Waals surface area contributed by atoms with Gasteiger partial charge in [0.1, 0.15) is 16.2 Å². The Bertz CT molecular complexity index is 1270. The minimum absolute atomic E-state index is 0.00953. The smallest absolute Gasteiger partial charge is 0.332 e. The Hall–Kier alpha value is -3.34. The highest BCUT2D eigenvalue weighted by Crippen LogP contribution is 2.30. The molecule has 3 aromatic rings. The molecule has 0 aliphatic heterocycles. The first-order valence-electron chi connectivity index (χ1n) is 9.42. The Labute approximate surface area is 182 Å². The van der Waals surface area contributed by atoms with Gasteiger partial charge >= 0.3 is 5.69 Å². The quantitative estimate of drug-likeness (QED) is 0.428. The fourth-order valence-electron chi connectivity index (χ4n) is 2.98. The maximum Gasteiger partial charge on any atom is 0.332 e. The summed E-state index contributed by atoms with van der Waals surface area (Å²) < 4.78 is 12.8. The molecular weight excluding hydrogens is 422 g/mol. The van der Waals surface area contributed by atoms with Gasteiger partial charge in [0, 0.05) is 32.3 Å². The first-order chi connectivity index (χ1) is 14.8. The van der Waals surface area contributed by atoms with Gasteiger partial charge in [0.25, 0.3) is 5.56 Å². The highest BCUT2D eigenvalue weighted by Gasteiger charge is 2.18. The van der Waals surface area contributed by atoms with Gasteiger partial charge in [-0.3, -0.25) is 18.7 Å². The van der Waals surface area contributed by atoms with Crippen LogP contribution in [0, 0.1) is 0 Å². The number of hydrogen-bond donors (Lipinski definition) is 1. The maximum absolute atomic E-state index is 12.7. The van der Waals surface area contributed by atoms with Gasteiger partial charge in [0.2, 0.25) is 5.91 Å². The van der Waals surface area contributed by atoms with E-state index in [1.54, 1.807) is 25.2 Å². The summed E-state index contributed by atoms with van der Waals surface area (Å²) in [4.78, 5) is 46.3. The molecule has 3 rings (SSSR count). The molecule has 1 amide bonds. The first kappa shape index (κ1) is 22.3. The topological polar surface area (TPSA) is 117 Å². The van der Waals surface area contributed by atoms with Crippen molar-refractivity contribution < 1.29 is 14.3 Å². The van der Waals surface area contributed by atoms with Crippen LogP contribution in [0.5, 0.6) is 11.5 Å². The molecule has 0 saturated carbocycles. The molecule has 0 bridgehead atoms. The number of carbonyl (C=O) groups is 1. The summed E-state index contributed by atoms with van der Waals surface area (Å²) in [7, 11) is 5.99. The SMILES string of the molecule is CCc1nc(SCC(=O)Nc2ccc(OC)c(OC)c2)c2c(=O)n(C)c(=O)n(C)c2n1. The van der Waals surface area contributed by atoms with E-state index in [1.807, 2.05) is 6.92 Å². The molecule has 10 nitrogen and oxygen atoms in total. The molecule has 2 aromatic heterocycles. The summed E-state index contributed by atoms with van der Waals surface area (Å²) in [5.74, 6) is 1.25. The number of nitrogens with zero attached hydrogens (tertiary/aromatic N) is 4. The lowest BCUT2D eigenvalue weighted by Gasteiger charge is -2.12. The lowest BCUT2D eigenvalue weighted by Crippen LogP contribution is -2.37. The van der Waals surface area contributed by atoms with E-state index in [0.29, 0.717) is 34.5 Å². The standard InChI is InChI=1S/C20H23N5O5S/c1-6-14-22-17-16(19(27)25(3)20(28)24(17)2)18(23-14)31-10-15(26)21-11-7-8-12(29-4)13(9-11)30-5/h7-9H,6,10H2,1-5H3,(H,21,26). The van der Waals surface area contributed by atoms with Crippen LogP contribution in [0.4, 0.5) is 5.69 Å². The maximum atomic E-state index is 12.7. The second-order valence-electron chi connectivity index (χ2n) is 6.61. The number of nitrogens with one attached hydrogen (secondary N) is 1. The molecular formula is C20H23N5O5S. The average Bonchev–Trinajstić information content (AvgIpc) is 2.79. The summed E-state index contributed by atoms with van der Waals surface area (Å²) in [5.41, 5.74) is -0.171. The zero-order chi connectivity index (χ0) is 22.7. The van der Waals surface area contributed by atoms with Gasteiger partial charge in [0.15, 0.2) is 17.1 Å². The molecule has 2 heterocycles. The zero-order valence-corrected chi connectivity index (χ0v) is 18.7. The highest BCUT2D eigenvalue weighted by atomic mass is 32.2. The number of benzene rings is 1. The van der Waals surface area contributed by atoms with Crippen molar-refractivity contribution in [1.82, 2.24) is 19.1 Å². The van der Waals surface area contributed by atoms with E-state index in [2.05, 4.69) is 15.3 Å². The minimum Gasteiger partial charge on any atom is -0.493 e. The van der Waals surface area contributed by atoms with Crippen LogP contribution < -0.4 is 26.0 Å². The van der Waals surface area contributed by atoms with Crippen LogP contribution in [0.15, 0.2) is 32.8 Å². The Morgan fingerprint density at radius 2 is 1.81 bits per heavy atom. The van der Waals surface area contributed by atoms with Crippen LogP contribution in [0.25, 0.3) is 11.0 Å². The van der Waals surface area contributed by atoms with Crippen molar-refractivity contribution in [1.29, 1.82) is 0 Å². The monoisotopic (exact) mass is 445 g/mol. The average molecular weight is 446 g/mol. The third-order valence-electron chi connectivity index (χ3n) is 4.64. The van der Waals surface area contributed by atoms with Gasteiger partial charge in [-0.05, 0) is 12.1 Å². The normalized spacial score (nSPS) is 10.9. The number of amides is 1. The van der Waals surface area contributed by atoms with Crippen molar-refractivity contribution in [3.63, 3.8) is 0 Å². The molecule has 0 unspecified atom stereocenters. The van der Waals surface area contributed by atoms with E-state index in [-0.39, 0.29) is 22.7 Å². The Balaban J connectivity index is 1.89. The van der Waals surface area contributed by atoms with E-state index in [1.165, 1.54) is 25.8 Å². The van der Waals surface area contributed by atoms with Crippen molar-refractivity contribution >= 4 is 34.4 Å². The largest absolute Gasteiger partial charge is 0.493 e. The number of methoxy groups -OCH3 is 2. The predicted molar refractivity (Wildman–Crippen MR) is 118 cm³/mol. The van der Waals surface area contributed by atoms with Gasteiger partial charge in [0.05, 0.1) is 20.0 Å². The van der Waals surface area contributed by atoms with Gasteiger partial charge in [-0.1, -0.05) is 18.7 Å². The predicted octanol–water partition coefficient (Wildman–Crippen LogP) is 1.34. The molecule has 1 N–H and O–H groups in total. The third kappa shape index (κ3) is 4.41. The van der Waals surface area contributed by atoms with Gasteiger partial charge in [-0.15, -0.1) is 0 Å². The molecule has 0 aliphatic rings. The fraction of sp³-hybridized carbons (Fsp3) is 0.350. The van der Waals surface area contributed by atoms with Crippen LogP contribution in [0.1, 0.15) is 12.7 Å². The van der Waals surface area contributed by atoms with Crippen molar-refractivity contribution in [2.75, 3.05) is 25.3 Å². The molecule has 1 aromatic carbocycles. The number of rotatable bonds is 7. The van der Waals surface area contributed by atoms with E-state index in [4.69, 9.17) is 9.47 Å². The summed E-state index contributed by atoms with van der Waals surface area (Å²) in [6.07, 6.45) is 0.519. The summed E-state index contributed by atoms with van der Waals surface area (Å²) in [6, 6.07) is 5.05. The first-order valence-corrected chi connectivity index (χ1v) is 10.4. The molecule has 0 spiro atoms. The summed E-state index contributed by atoms with van der Waals surface area (Å²) in [5, 5.41) is 3.36. The second-order valence-corrected chi connectivity index (χ2v) is 7.57. The Morgan fingerprint density at radius 1 is 1.10 bits per heavy atom. The number of thioether (sulfide) groups is 1. The third-order valence-corrected chi connectivity index (χ3v) is 5.61. The zero-order valence-electron chi connectivity index (χ0n) is 17.9. The Kier molecular flexibility index (Phi) is 6.64. The van der Waals surface area contributed by atoms with Crippen molar-refractivity contribution in [3.05, 3.63) is 44.9 Å². The van der Waals surface area contributed by atoms with Crippen molar-refractivity contribution in [2.45, 2.75) is 18.4 Å². The minimum atomic E-state index is -0.497. The number of anilines is 1. The van der Waals surface area contributed by atoms with Crippen LogP contribution in [-0.2, 0) is 25.3 Å². The lowest BCUT2D eigenvalue weighted by molar-refractivity contribution is -0.113. The molecule has 31 heavy (non-hydrogen) atoms. The number of hydrogen-bond acceptors (Lipinski definition) is 8. The summed E-state index contributed by atoms with van der Waals surface area (Å²) >= 11 is 1.11. The van der Waals surface area contributed by atoms with Crippen molar-refractivity contribution in [2.24, 2.45) is 14.1 Å². The fourth-order valence-corrected chi connectivity index (χ4v) is 3.81. The molecule has 0 aliphatic carbocycles. The molecule has 0 atom stereocenters. The summed E-state index contributed by atoms with van der Waals surface area (Å²) in [6.45, 7) is 1.87. The molecule has 164 valence electrons. The van der Waals surface area contributed by atoms with Crippen molar-refractivity contribution in [3.8, 4) is 11.5 Å². The van der Waals surface area contributed by atoms with Crippen LogP contribution in [0.3, 0.4) is 0 Å². The van der Waals surface area contributed by atoms with Gasteiger partial charge < -0.3 is 14.8 Å². The van der Waals surface area contributed by atoms with Gasteiger partial charge in [-0.25, -0.2) is 14.8 Å². The number of fused-ring (bicyclic) bond motifs is 1. The van der Waals surface area contributed by atoms with E-state index >= 15 is 0 Å². The molecule has 0 fully saturated rings. The van der Waals surface area contributed by atoms with Gasteiger partial charge in [-0.2, -0.15) is 0 Å². The van der Waals surface area contributed by atoms with Crippen LogP contribution in [-0.4, -0.2) is 45.0 Å². The molecule has 11 heteroatoms. The van der Waals surface area contributed by atoms with E-state index in [9.17, 15) is 14.4 Å². The lowest BCUT2D eigenvalue weighted by atomic mass is 10.2. The number of ether oxygens (including phenoxy) is 2. The molecule has 0 saturated heterocycles. The number of aromatic nitrogens is 4. The highest BCUT2D eigenvalue weighted by molar-refractivity contribution is 8.00. The van der Waals surface area contributed by atoms with Crippen LogP contribution in [0.2, 0.25) is 0 Å². The Morgan fingerprint density at radius 3 is 2.45 bits per heavy atom. The van der Waals surface area contributed by atoms with E-state index in [0.717, 1.165) is 16.3 Å². The number of aryl methyl sites for hydroxylation is 2. The molecule has 0 radical (unpaired) electrons. The van der Waals surface area contributed by atoms with E-state index < -0.39 is 11.2 Å². The van der Waals surface area contributed by atoms with Crippen LogP contribution >= 0.6 is 11.8 Å². The number of carbonyl (C=O) groups excluding carboxylic acids is 1. The second kappa shape index (κ2) is 9.21.